The lowest BCUT2D eigenvalue weighted by atomic mass is 10.1. The Morgan fingerprint density at radius 2 is 2.33 bits per heavy atom. The molecule has 0 bridgehead atoms. The molecule has 3 rings (SSSR count). The van der Waals surface area contributed by atoms with Crippen LogP contribution in [0.3, 0.4) is 0 Å². The van der Waals surface area contributed by atoms with Gasteiger partial charge in [0.1, 0.15) is 6.33 Å². The van der Waals surface area contributed by atoms with Gasteiger partial charge in [0, 0.05) is 13.1 Å². The first-order chi connectivity index (χ1) is 10.2. The van der Waals surface area contributed by atoms with Crippen molar-refractivity contribution in [2.24, 2.45) is 11.7 Å². The monoisotopic (exact) mass is 306 g/mol. The lowest BCUT2D eigenvalue weighted by Crippen LogP contribution is -2.30. The molecule has 1 aliphatic heterocycles. The number of benzene rings is 1. The lowest BCUT2D eigenvalue weighted by molar-refractivity contribution is 0.0788. The van der Waals surface area contributed by atoms with Crippen LogP contribution in [0.1, 0.15) is 16.8 Å². The second-order valence-electron chi connectivity index (χ2n) is 5.06. The first kappa shape index (κ1) is 14.0. The molecule has 1 atom stereocenters. The molecule has 8 heteroatoms. The van der Waals surface area contributed by atoms with Crippen molar-refractivity contribution in [1.29, 1.82) is 0 Å². The molecule has 110 valence electrons. The minimum Gasteiger partial charge on any atom is -0.338 e. The Labute approximate surface area is 126 Å². The Morgan fingerprint density at radius 1 is 1.48 bits per heavy atom. The number of amides is 1. The number of nitrogens with zero attached hydrogens (tertiary/aromatic N) is 5. The maximum atomic E-state index is 12.5. The SMILES string of the molecule is NC[C@H]1CCN(C(=O)c2ccc(-n3cnnn3)cc2Cl)C1. The summed E-state index contributed by atoms with van der Waals surface area (Å²) >= 11 is 6.24. The highest BCUT2D eigenvalue weighted by atomic mass is 35.5. The summed E-state index contributed by atoms with van der Waals surface area (Å²) in [6, 6.07) is 5.16. The van der Waals surface area contributed by atoms with E-state index < -0.39 is 0 Å². The molecule has 0 radical (unpaired) electrons. The third-order valence-electron chi connectivity index (χ3n) is 3.70. The van der Waals surface area contributed by atoms with Crippen molar-refractivity contribution in [2.75, 3.05) is 19.6 Å². The van der Waals surface area contributed by atoms with Gasteiger partial charge in [0.2, 0.25) is 0 Å². The van der Waals surface area contributed by atoms with E-state index in [1.807, 2.05) is 0 Å². The average Bonchev–Trinajstić information content (AvgIpc) is 3.17. The molecule has 1 aliphatic rings. The topological polar surface area (TPSA) is 89.9 Å². The average molecular weight is 307 g/mol. The van der Waals surface area contributed by atoms with Gasteiger partial charge in [-0.05, 0) is 47.5 Å². The van der Waals surface area contributed by atoms with Crippen molar-refractivity contribution in [3.8, 4) is 5.69 Å². The molecule has 1 fully saturated rings. The first-order valence-electron chi connectivity index (χ1n) is 6.71. The summed E-state index contributed by atoms with van der Waals surface area (Å²) in [5.74, 6) is 0.326. The Hall–Kier alpha value is -1.99. The normalized spacial score (nSPS) is 18.2. The fourth-order valence-corrected chi connectivity index (χ4v) is 2.74. The van der Waals surface area contributed by atoms with Crippen LogP contribution in [0.4, 0.5) is 0 Å². The zero-order chi connectivity index (χ0) is 14.8. The van der Waals surface area contributed by atoms with Gasteiger partial charge in [0.05, 0.1) is 16.3 Å². The van der Waals surface area contributed by atoms with Crippen LogP contribution in [-0.4, -0.2) is 50.6 Å². The highest BCUT2D eigenvalue weighted by Crippen LogP contribution is 2.24. The highest BCUT2D eigenvalue weighted by Gasteiger charge is 2.27. The fourth-order valence-electron chi connectivity index (χ4n) is 2.48. The lowest BCUT2D eigenvalue weighted by Gasteiger charge is -2.17. The number of carbonyl (C=O) groups excluding carboxylic acids is 1. The summed E-state index contributed by atoms with van der Waals surface area (Å²) in [6.45, 7) is 2.03. The maximum Gasteiger partial charge on any atom is 0.255 e. The van der Waals surface area contributed by atoms with E-state index in [2.05, 4.69) is 15.5 Å². The van der Waals surface area contributed by atoms with Crippen molar-refractivity contribution >= 4 is 17.5 Å². The Balaban J connectivity index is 1.81. The van der Waals surface area contributed by atoms with Gasteiger partial charge in [-0.3, -0.25) is 4.79 Å². The predicted molar refractivity (Wildman–Crippen MR) is 77.2 cm³/mol. The van der Waals surface area contributed by atoms with Crippen LogP contribution >= 0.6 is 11.6 Å². The van der Waals surface area contributed by atoms with Gasteiger partial charge in [0.25, 0.3) is 5.91 Å². The molecule has 1 aromatic carbocycles. The van der Waals surface area contributed by atoms with Crippen molar-refractivity contribution in [3.63, 3.8) is 0 Å². The van der Waals surface area contributed by atoms with Gasteiger partial charge in [0.15, 0.2) is 0 Å². The number of likely N-dealkylation sites (tertiary alicyclic amines) is 1. The van der Waals surface area contributed by atoms with E-state index in [1.54, 1.807) is 23.1 Å². The molecule has 1 saturated heterocycles. The molecule has 0 unspecified atom stereocenters. The van der Waals surface area contributed by atoms with Crippen LogP contribution in [0.25, 0.3) is 5.69 Å². The molecule has 0 spiro atoms. The van der Waals surface area contributed by atoms with E-state index in [0.717, 1.165) is 13.0 Å². The summed E-state index contributed by atoms with van der Waals surface area (Å²) in [7, 11) is 0. The zero-order valence-electron chi connectivity index (χ0n) is 11.3. The van der Waals surface area contributed by atoms with E-state index in [0.29, 0.717) is 35.3 Å². The third-order valence-corrected chi connectivity index (χ3v) is 4.02. The van der Waals surface area contributed by atoms with Gasteiger partial charge in [-0.25, -0.2) is 4.68 Å². The minimum atomic E-state index is -0.0563. The van der Waals surface area contributed by atoms with Gasteiger partial charge in [-0.1, -0.05) is 11.6 Å². The van der Waals surface area contributed by atoms with Crippen molar-refractivity contribution in [2.45, 2.75) is 6.42 Å². The summed E-state index contributed by atoms with van der Waals surface area (Å²) in [6.07, 6.45) is 2.42. The van der Waals surface area contributed by atoms with Crippen molar-refractivity contribution in [1.82, 2.24) is 25.1 Å². The molecular weight excluding hydrogens is 292 g/mol. The van der Waals surface area contributed by atoms with E-state index in [9.17, 15) is 4.79 Å². The van der Waals surface area contributed by atoms with Gasteiger partial charge in [-0.15, -0.1) is 5.10 Å². The molecule has 2 N–H and O–H groups in total. The number of carbonyl (C=O) groups is 1. The zero-order valence-corrected chi connectivity index (χ0v) is 12.1. The number of aromatic nitrogens is 4. The predicted octanol–water partition coefficient (Wildman–Crippen LogP) is 0.736. The number of nitrogens with two attached hydrogens (primary N) is 1. The number of hydrogen-bond acceptors (Lipinski definition) is 5. The maximum absolute atomic E-state index is 12.5. The van der Waals surface area contributed by atoms with Crippen LogP contribution in [0, 0.1) is 5.92 Å². The molecule has 2 aromatic rings. The van der Waals surface area contributed by atoms with E-state index in [4.69, 9.17) is 17.3 Å². The molecule has 1 aromatic heterocycles. The largest absolute Gasteiger partial charge is 0.338 e. The Morgan fingerprint density at radius 3 is 2.95 bits per heavy atom. The van der Waals surface area contributed by atoms with E-state index in [1.165, 1.54) is 11.0 Å². The second-order valence-corrected chi connectivity index (χ2v) is 5.47. The Bertz CT molecular complexity index is 644. The molecular formula is C13H15ClN6O. The molecule has 0 aliphatic carbocycles. The van der Waals surface area contributed by atoms with Crippen molar-refractivity contribution in [3.05, 3.63) is 35.1 Å². The van der Waals surface area contributed by atoms with Gasteiger partial charge in [-0.2, -0.15) is 0 Å². The minimum absolute atomic E-state index is 0.0563. The summed E-state index contributed by atoms with van der Waals surface area (Å²) in [5, 5.41) is 11.3. The van der Waals surface area contributed by atoms with E-state index in [-0.39, 0.29) is 5.91 Å². The summed E-state index contributed by atoms with van der Waals surface area (Å²) < 4.78 is 1.49. The van der Waals surface area contributed by atoms with Crippen LogP contribution < -0.4 is 5.73 Å². The number of hydrogen-bond donors (Lipinski definition) is 1. The third kappa shape index (κ3) is 2.74. The van der Waals surface area contributed by atoms with Crippen molar-refractivity contribution < 1.29 is 4.79 Å². The van der Waals surface area contributed by atoms with Crippen LogP contribution in [0.2, 0.25) is 5.02 Å². The molecule has 1 amide bonds. The van der Waals surface area contributed by atoms with Gasteiger partial charge < -0.3 is 10.6 Å². The first-order valence-corrected chi connectivity index (χ1v) is 7.09. The van der Waals surface area contributed by atoms with Gasteiger partial charge >= 0.3 is 0 Å². The second kappa shape index (κ2) is 5.79. The standard InChI is InChI=1S/C13H15ClN6O/c14-12-5-10(20-8-16-17-18-20)1-2-11(12)13(21)19-4-3-9(6-15)7-19/h1-2,5,8-9H,3-4,6-7,15H2/t9-/m1/s1. The molecule has 0 saturated carbocycles. The summed E-state index contributed by atoms with van der Waals surface area (Å²) in [5.41, 5.74) is 6.86. The number of rotatable bonds is 3. The van der Waals surface area contributed by atoms with Crippen LogP contribution in [0.15, 0.2) is 24.5 Å². The Kier molecular flexibility index (Phi) is 3.85. The number of tetrazole rings is 1. The van der Waals surface area contributed by atoms with Crippen LogP contribution in [0.5, 0.6) is 0 Å². The number of halogens is 1. The summed E-state index contributed by atoms with van der Waals surface area (Å²) in [4.78, 5) is 14.3. The van der Waals surface area contributed by atoms with E-state index >= 15 is 0 Å². The quantitative estimate of drug-likeness (QED) is 0.903. The highest BCUT2D eigenvalue weighted by molar-refractivity contribution is 6.34. The van der Waals surface area contributed by atoms with Crippen LogP contribution in [-0.2, 0) is 0 Å². The molecule has 7 nitrogen and oxygen atoms in total. The smallest absolute Gasteiger partial charge is 0.255 e. The fraction of sp³-hybridized carbons (Fsp3) is 0.385. The molecule has 21 heavy (non-hydrogen) atoms. The molecule has 2 heterocycles.